The van der Waals surface area contributed by atoms with Crippen LogP contribution in [-0.4, -0.2) is 18.4 Å². The molecule has 0 atom stereocenters. The Morgan fingerprint density at radius 1 is 1.18 bits per heavy atom. The molecule has 17 heavy (non-hydrogen) atoms. The lowest BCUT2D eigenvalue weighted by molar-refractivity contribution is -0.153. The molecule has 1 aromatic rings. The molecular formula is C14H18O3. The maximum absolute atomic E-state index is 11.4. The van der Waals surface area contributed by atoms with Crippen molar-refractivity contribution in [2.24, 2.45) is 0 Å². The summed E-state index contributed by atoms with van der Waals surface area (Å²) in [5, 5.41) is 0. The van der Waals surface area contributed by atoms with E-state index in [9.17, 15) is 9.59 Å². The van der Waals surface area contributed by atoms with E-state index in [0.717, 1.165) is 18.4 Å². The van der Waals surface area contributed by atoms with E-state index in [4.69, 9.17) is 4.74 Å². The fourth-order valence-corrected chi connectivity index (χ4v) is 1.39. The molecule has 0 aliphatic rings. The average Bonchev–Trinajstić information content (AvgIpc) is 2.37. The maximum Gasteiger partial charge on any atom is 0.374 e. The molecule has 1 aromatic carbocycles. The van der Waals surface area contributed by atoms with E-state index in [2.05, 4.69) is 0 Å². The molecule has 3 nitrogen and oxygen atoms in total. The van der Waals surface area contributed by atoms with E-state index in [-0.39, 0.29) is 6.42 Å². The second-order valence-electron chi connectivity index (χ2n) is 3.90. The van der Waals surface area contributed by atoms with Crippen LogP contribution in [-0.2, 0) is 20.7 Å². The summed E-state index contributed by atoms with van der Waals surface area (Å²) in [5.74, 6) is -1.14. The minimum atomic E-state index is -0.700. The average molecular weight is 234 g/mol. The predicted octanol–water partition coefficient (Wildman–Crippen LogP) is 2.53. The summed E-state index contributed by atoms with van der Waals surface area (Å²) in [6, 6.07) is 9.63. The number of rotatable bonds is 7. The van der Waals surface area contributed by atoms with E-state index in [1.807, 2.05) is 37.3 Å². The Balaban J connectivity index is 2.27. The molecule has 92 valence electrons. The van der Waals surface area contributed by atoms with Gasteiger partial charge in [0.05, 0.1) is 6.61 Å². The third kappa shape index (κ3) is 5.29. The number of hydrogen-bond acceptors (Lipinski definition) is 3. The fourth-order valence-electron chi connectivity index (χ4n) is 1.39. The molecule has 0 radical (unpaired) electrons. The summed E-state index contributed by atoms with van der Waals surface area (Å²) in [4.78, 5) is 22.7. The van der Waals surface area contributed by atoms with Crippen molar-refractivity contribution in [2.45, 2.75) is 32.6 Å². The van der Waals surface area contributed by atoms with Crippen LogP contribution in [0.5, 0.6) is 0 Å². The first kappa shape index (κ1) is 13.4. The number of ketones is 1. The molecule has 0 aliphatic carbocycles. The number of Topliss-reactive ketones (excluding diaryl/α,β-unsaturated/α-hetero) is 1. The monoisotopic (exact) mass is 234 g/mol. The molecule has 0 spiro atoms. The van der Waals surface area contributed by atoms with Crippen molar-refractivity contribution in [3.05, 3.63) is 35.9 Å². The quantitative estimate of drug-likeness (QED) is 0.413. The first-order valence-electron chi connectivity index (χ1n) is 5.98. The summed E-state index contributed by atoms with van der Waals surface area (Å²) in [5.41, 5.74) is 1.06. The molecule has 3 heteroatoms. The lowest BCUT2D eigenvalue weighted by Crippen LogP contribution is -2.18. The van der Waals surface area contributed by atoms with Gasteiger partial charge in [0.15, 0.2) is 0 Å². The van der Waals surface area contributed by atoms with Crippen LogP contribution < -0.4 is 0 Å². The molecule has 0 heterocycles. The number of carbonyl (C=O) groups is 2. The third-order valence-corrected chi connectivity index (χ3v) is 2.44. The van der Waals surface area contributed by atoms with E-state index in [1.54, 1.807) is 0 Å². The molecule has 0 aromatic heterocycles. The minimum absolute atomic E-state index is 0.217. The third-order valence-electron chi connectivity index (χ3n) is 2.44. The molecule has 0 fully saturated rings. The molecule has 0 saturated carbocycles. The van der Waals surface area contributed by atoms with E-state index >= 15 is 0 Å². The smallest absolute Gasteiger partial charge is 0.374 e. The number of aryl methyl sites for hydroxylation is 1. The van der Waals surface area contributed by atoms with E-state index in [1.165, 1.54) is 0 Å². The van der Waals surface area contributed by atoms with Gasteiger partial charge >= 0.3 is 5.97 Å². The molecule has 0 aliphatic heterocycles. The van der Waals surface area contributed by atoms with Crippen LogP contribution in [0.1, 0.15) is 31.7 Å². The van der Waals surface area contributed by atoms with Gasteiger partial charge in [-0.1, -0.05) is 43.7 Å². The lowest BCUT2D eigenvalue weighted by Gasteiger charge is -2.03. The van der Waals surface area contributed by atoms with E-state index in [0.29, 0.717) is 13.0 Å². The fraction of sp³-hybridized carbons (Fsp3) is 0.429. The summed E-state index contributed by atoms with van der Waals surface area (Å²) >= 11 is 0. The van der Waals surface area contributed by atoms with Crippen LogP contribution in [0.15, 0.2) is 30.3 Å². The Bertz CT molecular complexity index is 357. The molecule has 0 amide bonds. The SMILES string of the molecule is CCCCOC(=O)C(=O)CCc1ccccc1. The molecule has 0 unspecified atom stereocenters. The van der Waals surface area contributed by atoms with Gasteiger partial charge in [0, 0.05) is 6.42 Å². The van der Waals surface area contributed by atoms with Crippen LogP contribution in [0.2, 0.25) is 0 Å². The molecule has 0 saturated heterocycles. The number of esters is 1. The van der Waals surface area contributed by atoms with Gasteiger partial charge in [-0.05, 0) is 18.4 Å². The normalized spacial score (nSPS) is 9.94. The Labute approximate surface area is 102 Å². The van der Waals surface area contributed by atoms with Crippen molar-refractivity contribution in [2.75, 3.05) is 6.61 Å². The zero-order valence-corrected chi connectivity index (χ0v) is 10.1. The standard InChI is InChI=1S/C14H18O3/c1-2-3-11-17-14(16)13(15)10-9-12-7-5-4-6-8-12/h4-8H,2-3,9-11H2,1H3. The first-order chi connectivity index (χ1) is 8.24. The molecule has 0 N–H and O–H groups in total. The van der Waals surface area contributed by atoms with Crippen molar-refractivity contribution < 1.29 is 14.3 Å². The van der Waals surface area contributed by atoms with Gasteiger partial charge in [-0.25, -0.2) is 4.79 Å². The Morgan fingerprint density at radius 2 is 1.88 bits per heavy atom. The van der Waals surface area contributed by atoms with Crippen LogP contribution in [0.25, 0.3) is 0 Å². The highest BCUT2D eigenvalue weighted by Crippen LogP contribution is 2.03. The summed E-state index contributed by atoms with van der Waals surface area (Å²) in [6.45, 7) is 2.34. The summed E-state index contributed by atoms with van der Waals surface area (Å²) in [6.07, 6.45) is 2.56. The van der Waals surface area contributed by atoms with Crippen LogP contribution in [0.3, 0.4) is 0 Å². The van der Waals surface area contributed by atoms with Crippen LogP contribution >= 0.6 is 0 Å². The molecule has 1 rings (SSSR count). The predicted molar refractivity (Wildman–Crippen MR) is 65.6 cm³/mol. The molecule has 0 bridgehead atoms. The zero-order valence-electron chi connectivity index (χ0n) is 10.1. The second kappa shape index (κ2) is 7.60. The van der Waals surface area contributed by atoms with Gasteiger partial charge in [-0.15, -0.1) is 0 Å². The second-order valence-corrected chi connectivity index (χ2v) is 3.90. The molecular weight excluding hydrogens is 216 g/mol. The topological polar surface area (TPSA) is 43.4 Å². The van der Waals surface area contributed by atoms with Crippen molar-refractivity contribution in [3.8, 4) is 0 Å². The van der Waals surface area contributed by atoms with Crippen molar-refractivity contribution in [1.82, 2.24) is 0 Å². The lowest BCUT2D eigenvalue weighted by atomic mass is 10.1. The number of hydrogen-bond donors (Lipinski definition) is 0. The van der Waals surface area contributed by atoms with Gasteiger partial charge in [0.2, 0.25) is 5.78 Å². The van der Waals surface area contributed by atoms with E-state index < -0.39 is 11.8 Å². The number of unbranched alkanes of at least 4 members (excludes halogenated alkanes) is 1. The van der Waals surface area contributed by atoms with Gasteiger partial charge in [0.1, 0.15) is 0 Å². The van der Waals surface area contributed by atoms with Crippen LogP contribution in [0.4, 0.5) is 0 Å². The summed E-state index contributed by atoms with van der Waals surface area (Å²) in [7, 11) is 0. The number of carbonyl (C=O) groups excluding carboxylic acids is 2. The van der Waals surface area contributed by atoms with Gasteiger partial charge < -0.3 is 4.74 Å². The van der Waals surface area contributed by atoms with Crippen LogP contribution in [0, 0.1) is 0 Å². The van der Waals surface area contributed by atoms with Gasteiger partial charge in [-0.3, -0.25) is 4.79 Å². The number of ether oxygens (including phenoxy) is 1. The Morgan fingerprint density at radius 3 is 2.53 bits per heavy atom. The highest BCUT2D eigenvalue weighted by molar-refractivity contribution is 6.33. The highest BCUT2D eigenvalue weighted by Gasteiger charge is 2.14. The Hall–Kier alpha value is -1.64. The van der Waals surface area contributed by atoms with Crippen molar-refractivity contribution in [3.63, 3.8) is 0 Å². The first-order valence-corrected chi connectivity index (χ1v) is 5.98. The Kier molecular flexibility index (Phi) is 6.00. The minimum Gasteiger partial charge on any atom is -0.460 e. The summed E-state index contributed by atoms with van der Waals surface area (Å²) < 4.78 is 4.84. The van der Waals surface area contributed by atoms with Gasteiger partial charge in [0.25, 0.3) is 0 Å². The van der Waals surface area contributed by atoms with Crippen molar-refractivity contribution in [1.29, 1.82) is 0 Å². The highest BCUT2D eigenvalue weighted by atomic mass is 16.5. The number of benzene rings is 1. The largest absolute Gasteiger partial charge is 0.460 e. The van der Waals surface area contributed by atoms with Crippen molar-refractivity contribution >= 4 is 11.8 Å². The van der Waals surface area contributed by atoms with Gasteiger partial charge in [-0.2, -0.15) is 0 Å². The maximum atomic E-state index is 11.4. The zero-order chi connectivity index (χ0) is 12.5.